The molecule has 1 aromatic heterocycles. The summed E-state index contributed by atoms with van der Waals surface area (Å²) in [7, 11) is 0. The van der Waals surface area contributed by atoms with Crippen molar-refractivity contribution >= 4 is 11.7 Å². The number of carbonyl (C=O) groups is 1. The van der Waals surface area contributed by atoms with Gasteiger partial charge in [-0.25, -0.2) is 13.6 Å². The lowest BCUT2D eigenvalue weighted by atomic mass is 10.00. The third kappa shape index (κ3) is 3.52. The van der Waals surface area contributed by atoms with Crippen molar-refractivity contribution in [3.8, 4) is 6.07 Å². The number of fused-ring (bicyclic) bond motifs is 3. The SMILES string of the molecule is N#Cc1cc(NC(=O)N2CCc3nn4c(c3C2)C(F)(F)CCC(F)C4)ccc1F. The van der Waals surface area contributed by atoms with E-state index in [1.54, 1.807) is 6.07 Å². The van der Waals surface area contributed by atoms with Gasteiger partial charge in [-0.2, -0.15) is 19.1 Å². The average Bonchev–Trinajstić information content (AvgIpc) is 3.00. The summed E-state index contributed by atoms with van der Waals surface area (Å²) in [5.74, 6) is -3.93. The molecule has 0 saturated heterocycles. The maximum absolute atomic E-state index is 14.6. The topological polar surface area (TPSA) is 74.0 Å². The number of rotatable bonds is 1. The van der Waals surface area contributed by atoms with Gasteiger partial charge in [-0.05, 0) is 24.6 Å². The largest absolute Gasteiger partial charge is 0.322 e. The lowest BCUT2D eigenvalue weighted by Crippen LogP contribution is -2.39. The minimum atomic E-state index is -3.22. The number of aromatic nitrogens is 2. The zero-order valence-electron chi connectivity index (χ0n) is 15.3. The number of hydrogen-bond acceptors (Lipinski definition) is 3. The number of anilines is 1. The van der Waals surface area contributed by atoms with E-state index in [1.807, 2.05) is 0 Å². The number of carbonyl (C=O) groups excluding carboxylic acids is 1. The first-order valence-electron chi connectivity index (χ1n) is 9.15. The summed E-state index contributed by atoms with van der Waals surface area (Å²) < 4.78 is 57.6. The highest BCUT2D eigenvalue weighted by atomic mass is 19.3. The molecule has 0 aliphatic carbocycles. The Hall–Kier alpha value is -3.09. The first-order chi connectivity index (χ1) is 13.8. The van der Waals surface area contributed by atoms with Crippen LogP contribution in [0.3, 0.4) is 0 Å². The molecular weight excluding hydrogens is 390 g/mol. The number of nitriles is 1. The molecule has 0 spiro atoms. The number of nitrogens with zero attached hydrogens (tertiary/aromatic N) is 4. The van der Waals surface area contributed by atoms with Crippen LogP contribution >= 0.6 is 0 Å². The number of hydrogen-bond donors (Lipinski definition) is 1. The van der Waals surface area contributed by atoms with Gasteiger partial charge in [0.25, 0.3) is 5.92 Å². The van der Waals surface area contributed by atoms with Crippen LogP contribution in [0.2, 0.25) is 0 Å². The van der Waals surface area contributed by atoms with Gasteiger partial charge in [-0.1, -0.05) is 0 Å². The van der Waals surface area contributed by atoms with Crippen LogP contribution in [-0.4, -0.2) is 33.4 Å². The molecule has 29 heavy (non-hydrogen) atoms. The van der Waals surface area contributed by atoms with E-state index in [9.17, 15) is 22.4 Å². The molecule has 1 aromatic carbocycles. The van der Waals surface area contributed by atoms with E-state index >= 15 is 0 Å². The second-order valence-corrected chi connectivity index (χ2v) is 7.20. The molecule has 0 fully saturated rings. The fourth-order valence-electron chi connectivity index (χ4n) is 3.77. The van der Waals surface area contributed by atoms with Crippen LogP contribution in [-0.2, 0) is 25.4 Å². The Labute approximate surface area is 163 Å². The molecule has 1 unspecified atom stereocenters. The van der Waals surface area contributed by atoms with E-state index in [-0.39, 0.29) is 55.0 Å². The summed E-state index contributed by atoms with van der Waals surface area (Å²) >= 11 is 0. The lowest BCUT2D eigenvalue weighted by molar-refractivity contribution is -0.0224. The Bertz CT molecular complexity index is 1010. The van der Waals surface area contributed by atoms with E-state index in [4.69, 9.17) is 5.26 Å². The number of halogens is 4. The zero-order chi connectivity index (χ0) is 20.8. The fourth-order valence-corrected chi connectivity index (χ4v) is 3.77. The molecule has 2 aliphatic rings. The van der Waals surface area contributed by atoms with Crippen LogP contribution in [0.4, 0.5) is 28.0 Å². The van der Waals surface area contributed by atoms with Crippen molar-refractivity contribution < 1.29 is 22.4 Å². The highest BCUT2D eigenvalue weighted by Gasteiger charge is 2.43. The van der Waals surface area contributed by atoms with E-state index in [2.05, 4.69) is 10.4 Å². The number of urea groups is 1. The van der Waals surface area contributed by atoms with Crippen molar-refractivity contribution in [3.05, 3.63) is 46.5 Å². The van der Waals surface area contributed by atoms with Gasteiger partial charge in [0.2, 0.25) is 0 Å². The first-order valence-corrected chi connectivity index (χ1v) is 9.15. The van der Waals surface area contributed by atoms with Crippen LogP contribution in [0.25, 0.3) is 0 Å². The Morgan fingerprint density at radius 1 is 1.38 bits per heavy atom. The maximum atomic E-state index is 14.6. The van der Waals surface area contributed by atoms with Gasteiger partial charge < -0.3 is 10.2 Å². The highest BCUT2D eigenvalue weighted by molar-refractivity contribution is 5.89. The minimum absolute atomic E-state index is 0.0880. The number of amides is 2. The molecule has 4 rings (SSSR count). The Kier molecular flexibility index (Phi) is 4.68. The van der Waals surface area contributed by atoms with E-state index < -0.39 is 30.4 Å². The Morgan fingerprint density at radius 3 is 2.93 bits per heavy atom. The highest BCUT2D eigenvalue weighted by Crippen LogP contribution is 2.41. The molecule has 2 aliphatic heterocycles. The van der Waals surface area contributed by atoms with Gasteiger partial charge in [0, 0.05) is 30.6 Å². The van der Waals surface area contributed by atoms with Crippen molar-refractivity contribution in [2.75, 3.05) is 11.9 Å². The summed E-state index contributed by atoms with van der Waals surface area (Å²) in [4.78, 5) is 13.9. The van der Waals surface area contributed by atoms with Crippen molar-refractivity contribution in [1.82, 2.24) is 14.7 Å². The minimum Gasteiger partial charge on any atom is -0.320 e. The molecule has 2 amide bonds. The smallest absolute Gasteiger partial charge is 0.320 e. The van der Waals surface area contributed by atoms with Crippen molar-refractivity contribution in [2.45, 2.75) is 44.4 Å². The second kappa shape index (κ2) is 7.06. The summed E-state index contributed by atoms with van der Waals surface area (Å²) in [6.07, 6.45) is -1.98. The fraction of sp³-hybridized carbons (Fsp3) is 0.421. The van der Waals surface area contributed by atoms with E-state index in [1.165, 1.54) is 17.0 Å². The van der Waals surface area contributed by atoms with Gasteiger partial charge in [-0.15, -0.1) is 0 Å². The number of nitrogens with one attached hydrogen (secondary N) is 1. The monoisotopic (exact) mass is 407 g/mol. The normalized spacial score (nSPS) is 20.2. The molecule has 1 atom stereocenters. The second-order valence-electron chi connectivity index (χ2n) is 7.20. The molecule has 152 valence electrons. The quantitative estimate of drug-likeness (QED) is 0.733. The van der Waals surface area contributed by atoms with Crippen LogP contribution in [0.5, 0.6) is 0 Å². The molecule has 2 aromatic rings. The third-order valence-corrected chi connectivity index (χ3v) is 5.22. The van der Waals surface area contributed by atoms with E-state index in [0.717, 1.165) is 10.7 Å². The predicted molar refractivity (Wildman–Crippen MR) is 94.5 cm³/mol. The van der Waals surface area contributed by atoms with Crippen molar-refractivity contribution in [1.29, 1.82) is 5.26 Å². The Morgan fingerprint density at radius 2 is 2.17 bits per heavy atom. The molecule has 3 heterocycles. The van der Waals surface area contributed by atoms with E-state index in [0.29, 0.717) is 5.69 Å². The summed E-state index contributed by atoms with van der Waals surface area (Å²) in [6.45, 7) is -0.0712. The average molecular weight is 407 g/mol. The van der Waals surface area contributed by atoms with Gasteiger partial charge >= 0.3 is 6.03 Å². The summed E-state index contributed by atoms with van der Waals surface area (Å²) in [6, 6.07) is 4.69. The summed E-state index contributed by atoms with van der Waals surface area (Å²) in [5.41, 5.74) is 0.386. The van der Waals surface area contributed by atoms with Crippen molar-refractivity contribution in [2.24, 2.45) is 0 Å². The maximum Gasteiger partial charge on any atom is 0.322 e. The molecule has 0 saturated carbocycles. The van der Waals surface area contributed by atoms with Crippen LogP contribution in [0.15, 0.2) is 18.2 Å². The molecule has 1 N–H and O–H groups in total. The van der Waals surface area contributed by atoms with Crippen LogP contribution in [0.1, 0.15) is 35.4 Å². The lowest BCUT2D eigenvalue weighted by Gasteiger charge is -2.28. The van der Waals surface area contributed by atoms with Crippen LogP contribution < -0.4 is 5.32 Å². The molecule has 10 heteroatoms. The number of benzene rings is 1. The predicted octanol–water partition coefficient (Wildman–Crippen LogP) is 3.71. The zero-order valence-corrected chi connectivity index (χ0v) is 15.3. The van der Waals surface area contributed by atoms with Gasteiger partial charge in [-0.3, -0.25) is 4.68 Å². The summed E-state index contributed by atoms with van der Waals surface area (Å²) in [5, 5.41) is 15.6. The third-order valence-electron chi connectivity index (χ3n) is 5.22. The van der Waals surface area contributed by atoms with Crippen LogP contribution in [0, 0.1) is 17.1 Å². The molecule has 0 radical (unpaired) electrons. The van der Waals surface area contributed by atoms with Gasteiger partial charge in [0.15, 0.2) is 0 Å². The molecule has 6 nitrogen and oxygen atoms in total. The first kappa shape index (κ1) is 19.2. The Balaban J connectivity index is 1.57. The molecule has 0 bridgehead atoms. The van der Waals surface area contributed by atoms with Crippen molar-refractivity contribution in [3.63, 3.8) is 0 Å². The standard InChI is InChI=1S/C19H17F4N5O/c20-12-3-5-19(22,23)17-14-10-27(6-4-16(14)26-28(17)9-12)18(29)25-13-1-2-15(21)11(7-13)8-24/h1-2,7,12H,3-6,9-10H2,(H,25,29). The van der Waals surface area contributed by atoms with Gasteiger partial charge in [0.05, 0.1) is 24.3 Å². The molecular formula is C19H17F4N5O. The van der Waals surface area contributed by atoms with Gasteiger partial charge in [0.1, 0.15) is 23.8 Å². The number of alkyl halides is 3.